The molecule has 0 unspecified atom stereocenters. The van der Waals surface area contributed by atoms with Gasteiger partial charge < -0.3 is 10.2 Å². The third kappa shape index (κ3) is 3.56. The van der Waals surface area contributed by atoms with E-state index in [1.807, 2.05) is 18.0 Å². The van der Waals surface area contributed by atoms with Crippen molar-refractivity contribution in [2.24, 2.45) is 0 Å². The number of nitrogens with one attached hydrogen (secondary N) is 1. The second-order valence-corrected chi connectivity index (χ2v) is 4.08. The van der Waals surface area contributed by atoms with Gasteiger partial charge in [-0.05, 0) is 6.07 Å². The van der Waals surface area contributed by atoms with Crippen molar-refractivity contribution in [1.82, 2.24) is 10.3 Å². The van der Waals surface area contributed by atoms with Crippen LogP contribution in [0, 0.1) is 12.3 Å². The highest BCUT2D eigenvalue weighted by Gasteiger charge is 2.07. The molecule has 1 N–H and O–H groups in total. The first-order chi connectivity index (χ1) is 7.65. The van der Waals surface area contributed by atoms with Gasteiger partial charge in [0.1, 0.15) is 5.82 Å². The van der Waals surface area contributed by atoms with Gasteiger partial charge in [-0.15, -0.1) is 6.42 Å². The van der Waals surface area contributed by atoms with Crippen LogP contribution in [-0.4, -0.2) is 24.6 Å². The number of hydrogen-bond acceptors (Lipinski definition) is 3. The van der Waals surface area contributed by atoms with Gasteiger partial charge in [0.25, 0.3) is 0 Å². The minimum atomic E-state index is 0.464. The van der Waals surface area contributed by atoms with Crippen molar-refractivity contribution in [3.8, 4) is 12.3 Å². The summed E-state index contributed by atoms with van der Waals surface area (Å²) in [6.45, 7) is 5.64. The van der Waals surface area contributed by atoms with E-state index in [0.29, 0.717) is 12.6 Å². The molecule has 0 spiro atoms. The number of rotatable bonds is 5. The molecule has 1 rings (SSSR count). The molecule has 1 heterocycles. The first-order valence-corrected chi connectivity index (χ1v) is 5.47. The molecule has 0 saturated heterocycles. The zero-order valence-electron chi connectivity index (χ0n) is 10.2. The van der Waals surface area contributed by atoms with Crippen LogP contribution in [0.15, 0.2) is 18.3 Å². The van der Waals surface area contributed by atoms with E-state index in [4.69, 9.17) is 6.42 Å². The fourth-order valence-electron chi connectivity index (χ4n) is 1.44. The highest BCUT2D eigenvalue weighted by atomic mass is 15.2. The van der Waals surface area contributed by atoms with Crippen LogP contribution in [-0.2, 0) is 6.54 Å². The van der Waals surface area contributed by atoms with E-state index < -0.39 is 0 Å². The van der Waals surface area contributed by atoms with Crippen LogP contribution in [0.5, 0.6) is 0 Å². The maximum absolute atomic E-state index is 5.30. The molecule has 0 aromatic carbocycles. The zero-order chi connectivity index (χ0) is 12.0. The Bertz CT molecular complexity index is 366. The summed E-state index contributed by atoms with van der Waals surface area (Å²) >= 11 is 0. The molecule has 0 atom stereocenters. The van der Waals surface area contributed by atoms with Gasteiger partial charge in [-0.1, -0.05) is 25.8 Å². The van der Waals surface area contributed by atoms with Crippen molar-refractivity contribution < 1.29 is 0 Å². The Balaban J connectivity index is 2.79. The van der Waals surface area contributed by atoms with Crippen molar-refractivity contribution in [3.05, 3.63) is 23.9 Å². The molecule has 0 amide bonds. The SMILES string of the molecule is C#CCN(C)c1ncccc1CNC(C)C. The minimum absolute atomic E-state index is 0.464. The van der Waals surface area contributed by atoms with E-state index in [1.54, 1.807) is 6.20 Å². The summed E-state index contributed by atoms with van der Waals surface area (Å²) in [5.74, 6) is 3.58. The molecule has 1 aromatic rings. The first-order valence-electron chi connectivity index (χ1n) is 5.47. The lowest BCUT2D eigenvalue weighted by atomic mass is 10.2. The van der Waals surface area contributed by atoms with Crippen molar-refractivity contribution in [2.45, 2.75) is 26.4 Å². The van der Waals surface area contributed by atoms with Crippen LogP contribution < -0.4 is 10.2 Å². The number of anilines is 1. The molecule has 0 aliphatic heterocycles. The number of hydrogen-bond donors (Lipinski definition) is 1. The van der Waals surface area contributed by atoms with Crippen LogP contribution in [0.2, 0.25) is 0 Å². The standard InChI is InChI=1S/C13H19N3/c1-5-9-16(4)13-12(7-6-8-14-13)10-15-11(2)3/h1,6-8,11,15H,9-10H2,2-4H3. The molecular formula is C13H19N3. The maximum atomic E-state index is 5.30. The van der Waals surface area contributed by atoms with Crippen LogP contribution in [0.25, 0.3) is 0 Å². The van der Waals surface area contributed by atoms with E-state index in [-0.39, 0.29) is 0 Å². The minimum Gasteiger partial charge on any atom is -0.348 e. The number of aromatic nitrogens is 1. The molecule has 86 valence electrons. The summed E-state index contributed by atoms with van der Waals surface area (Å²) < 4.78 is 0. The third-order valence-electron chi connectivity index (χ3n) is 2.26. The van der Waals surface area contributed by atoms with Gasteiger partial charge in [-0.25, -0.2) is 4.98 Å². The second-order valence-electron chi connectivity index (χ2n) is 4.08. The van der Waals surface area contributed by atoms with Gasteiger partial charge in [-0.3, -0.25) is 0 Å². The number of pyridine rings is 1. The third-order valence-corrected chi connectivity index (χ3v) is 2.26. The summed E-state index contributed by atoms with van der Waals surface area (Å²) in [6, 6.07) is 4.49. The molecule has 0 radical (unpaired) electrons. The van der Waals surface area contributed by atoms with Gasteiger partial charge in [0.05, 0.1) is 6.54 Å². The van der Waals surface area contributed by atoms with Crippen molar-refractivity contribution in [2.75, 3.05) is 18.5 Å². The van der Waals surface area contributed by atoms with E-state index in [2.05, 4.69) is 36.1 Å². The Morgan fingerprint density at radius 1 is 1.56 bits per heavy atom. The molecule has 0 aliphatic rings. The predicted octanol–water partition coefficient (Wildman–Crippen LogP) is 1.65. The van der Waals surface area contributed by atoms with Crippen LogP contribution >= 0.6 is 0 Å². The van der Waals surface area contributed by atoms with Gasteiger partial charge in [-0.2, -0.15) is 0 Å². The lowest BCUT2D eigenvalue weighted by Crippen LogP contribution is -2.25. The summed E-state index contributed by atoms with van der Waals surface area (Å²) in [5.41, 5.74) is 1.17. The lowest BCUT2D eigenvalue weighted by Gasteiger charge is -2.19. The number of terminal acetylenes is 1. The van der Waals surface area contributed by atoms with Gasteiger partial charge in [0.15, 0.2) is 0 Å². The van der Waals surface area contributed by atoms with Crippen molar-refractivity contribution in [1.29, 1.82) is 0 Å². The Hall–Kier alpha value is -1.53. The van der Waals surface area contributed by atoms with Crippen LogP contribution in [0.3, 0.4) is 0 Å². The summed E-state index contributed by atoms with van der Waals surface area (Å²) in [5, 5.41) is 3.38. The molecule has 3 nitrogen and oxygen atoms in total. The lowest BCUT2D eigenvalue weighted by molar-refractivity contribution is 0.587. The topological polar surface area (TPSA) is 28.2 Å². The van der Waals surface area contributed by atoms with E-state index in [9.17, 15) is 0 Å². The van der Waals surface area contributed by atoms with Crippen LogP contribution in [0.1, 0.15) is 19.4 Å². The smallest absolute Gasteiger partial charge is 0.133 e. The van der Waals surface area contributed by atoms with Crippen molar-refractivity contribution in [3.63, 3.8) is 0 Å². The average molecular weight is 217 g/mol. The quantitative estimate of drug-likeness (QED) is 0.760. The molecule has 0 aliphatic carbocycles. The summed E-state index contributed by atoms with van der Waals surface area (Å²) in [4.78, 5) is 6.35. The predicted molar refractivity (Wildman–Crippen MR) is 68.3 cm³/mol. The first kappa shape index (κ1) is 12.5. The Morgan fingerprint density at radius 3 is 2.94 bits per heavy atom. The monoisotopic (exact) mass is 217 g/mol. The highest BCUT2D eigenvalue weighted by Crippen LogP contribution is 2.15. The van der Waals surface area contributed by atoms with Crippen LogP contribution in [0.4, 0.5) is 5.82 Å². The number of nitrogens with zero attached hydrogens (tertiary/aromatic N) is 2. The fourth-order valence-corrected chi connectivity index (χ4v) is 1.44. The Kier molecular flexibility index (Phi) is 4.81. The summed E-state index contributed by atoms with van der Waals surface area (Å²) in [6.07, 6.45) is 7.10. The maximum Gasteiger partial charge on any atom is 0.133 e. The van der Waals surface area contributed by atoms with Gasteiger partial charge in [0, 0.05) is 31.4 Å². The molecule has 1 aromatic heterocycles. The van der Waals surface area contributed by atoms with Gasteiger partial charge in [0.2, 0.25) is 0 Å². The van der Waals surface area contributed by atoms with E-state index >= 15 is 0 Å². The van der Waals surface area contributed by atoms with Gasteiger partial charge >= 0.3 is 0 Å². The Morgan fingerprint density at radius 2 is 2.31 bits per heavy atom. The normalized spacial score (nSPS) is 10.2. The molecular weight excluding hydrogens is 198 g/mol. The zero-order valence-corrected chi connectivity index (χ0v) is 10.2. The molecule has 3 heteroatoms. The highest BCUT2D eigenvalue weighted by molar-refractivity contribution is 5.46. The van der Waals surface area contributed by atoms with E-state index in [1.165, 1.54) is 5.56 Å². The second kappa shape index (κ2) is 6.14. The Labute approximate surface area is 97.9 Å². The van der Waals surface area contributed by atoms with E-state index in [0.717, 1.165) is 12.4 Å². The van der Waals surface area contributed by atoms with Crippen molar-refractivity contribution >= 4 is 5.82 Å². The molecule has 0 saturated carbocycles. The molecule has 0 bridgehead atoms. The average Bonchev–Trinajstić information content (AvgIpc) is 2.27. The molecule has 0 fully saturated rings. The largest absolute Gasteiger partial charge is 0.348 e. The fraction of sp³-hybridized carbons (Fsp3) is 0.462. The molecule has 16 heavy (non-hydrogen) atoms. The summed E-state index contributed by atoms with van der Waals surface area (Å²) in [7, 11) is 1.96.